The van der Waals surface area contributed by atoms with Gasteiger partial charge < -0.3 is 5.32 Å². The lowest BCUT2D eigenvalue weighted by Gasteiger charge is -2.50. The second-order valence-corrected chi connectivity index (χ2v) is 9.06. The number of carbonyl (C=O) groups excluding carboxylic acids is 1. The molecule has 0 aliphatic heterocycles. The van der Waals surface area contributed by atoms with E-state index in [1.54, 1.807) is 0 Å². The summed E-state index contributed by atoms with van der Waals surface area (Å²) in [7, 11) is -3.78. The van der Waals surface area contributed by atoms with E-state index < -0.39 is 33.1 Å². The number of benzene rings is 1. The Labute approximate surface area is 150 Å². The summed E-state index contributed by atoms with van der Waals surface area (Å²) in [6.07, 6.45) is 4.78. The van der Waals surface area contributed by atoms with E-state index in [1.165, 1.54) is 0 Å². The Balaban J connectivity index is 1.87. The third-order valence-corrected chi connectivity index (χ3v) is 6.05. The first-order valence-electron chi connectivity index (χ1n) is 8.28. The zero-order valence-corrected chi connectivity index (χ0v) is 15.0. The Kier molecular flexibility index (Phi) is 4.43. The highest BCUT2D eigenvalue weighted by molar-refractivity contribution is 7.92. The third-order valence-electron chi connectivity index (χ3n) is 5.46. The van der Waals surface area contributed by atoms with Crippen molar-refractivity contribution in [1.29, 1.82) is 5.26 Å². The van der Waals surface area contributed by atoms with Crippen LogP contribution >= 0.6 is 0 Å². The number of nitriles is 1. The molecule has 26 heavy (non-hydrogen) atoms. The standard InChI is InChI=1S/C17H19F2N3O3S/c1-26(24,25)22-14-9-13(19)12(18)8-11(14)15(23)21-17-5-2-16(10-20,3-6-17)4-7-17/h8-9,22H,2-7H2,1H3,(H,21,23). The summed E-state index contributed by atoms with van der Waals surface area (Å²) in [5, 5.41) is 12.2. The lowest BCUT2D eigenvalue weighted by atomic mass is 9.58. The van der Waals surface area contributed by atoms with Gasteiger partial charge in [0.05, 0.1) is 29.0 Å². The molecule has 3 aliphatic rings. The molecule has 2 N–H and O–H groups in total. The molecule has 3 aliphatic carbocycles. The molecule has 1 aromatic carbocycles. The summed E-state index contributed by atoms with van der Waals surface area (Å²) in [6, 6.07) is 3.73. The van der Waals surface area contributed by atoms with Crippen LogP contribution in [0.2, 0.25) is 0 Å². The molecule has 3 saturated carbocycles. The summed E-state index contributed by atoms with van der Waals surface area (Å²) < 4.78 is 52.1. The molecule has 3 fully saturated rings. The first kappa shape index (κ1) is 18.6. The predicted octanol–water partition coefficient (Wildman–Crippen LogP) is 2.68. The molecule has 0 heterocycles. The minimum atomic E-state index is -3.78. The van der Waals surface area contributed by atoms with Crippen LogP contribution in [0, 0.1) is 28.4 Å². The zero-order valence-electron chi connectivity index (χ0n) is 14.2. The largest absolute Gasteiger partial charge is 0.347 e. The fourth-order valence-corrected chi connectivity index (χ4v) is 4.44. The van der Waals surface area contributed by atoms with Crippen LogP contribution in [0.4, 0.5) is 14.5 Å². The van der Waals surface area contributed by atoms with E-state index >= 15 is 0 Å². The molecule has 1 amide bonds. The Morgan fingerprint density at radius 1 is 1.12 bits per heavy atom. The number of hydrogen-bond donors (Lipinski definition) is 2. The highest BCUT2D eigenvalue weighted by Crippen LogP contribution is 2.52. The number of carbonyl (C=O) groups is 1. The van der Waals surface area contributed by atoms with E-state index in [1.807, 2.05) is 0 Å². The molecule has 2 bridgehead atoms. The summed E-state index contributed by atoms with van der Waals surface area (Å²) in [5.41, 5.74) is -1.40. The molecule has 4 rings (SSSR count). The van der Waals surface area contributed by atoms with Gasteiger partial charge in [-0.3, -0.25) is 9.52 Å². The van der Waals surface area contributed by atoms with Crippen LogP contribution in [0.5, 0.6) is 0 Å². The van der Waals surface area contributed by atoms with Gasteiger partial charge >= 0.3 is 0 Å². The third kappa shape index (κ3) is 3.51. The first-order chi connectivity index (χ1) is 12.1. The van der Waals surface area contributed by atoms with Crippen LogP contribution in [0.25, 0.3) is 0 Å². The van der Waals surface area contributed by atoms with Gasteiger partial charge in [-0.25, -0.2) is 17.2 Å². The number of hydrogen-bond acceptors (Lipinski definition) is 4. The average molecular weight is 383 g/mol. The summed E-state index contributed by atoms with van der Waals surface area (Å²) >= 11 is 0. The van der Waals surface area contributed by atoms with Crippen LogP contribution in [0.15, 0.2) is 12.1 Å². The van der Waals surface area contributed by atoms with E-state index in [0.29, 0.717) is 50.7 Å². The fourth-order valence-electron chi connectivity index (χ4n) is 3.87. The van der Waals surface area contributed by atoms with Crippen LogP contribution < -0.4 is 10.0 Å². The van der Waals surface area contributed by atoms with Crippen molar-refractivity contribution in [1.82, 2.24) is 5.32 Å². The van der Waals surface area contributed by atoms with E-state index in [0.717, 1.165) is 6.26 Å². The maximum absolute atomic E-state index is 13.6. The Bertz CT molecular complexity index is 884. The summed E-state index contributed by atoms with van der Waals surface area (Å²) in [6.45, 7) is 0. The van der Waals surface area contributed by atoms with Crippen LogP contribution in [-0.2, 0) is 10.0 Å². The van der Waals surface area contributed by atoms with Crippen molar-refractivity contribution >= 4 is 21.6 Å². The van der Waals surface area contributed by atoms with E-state index in [2.05, 4.69) is 16.1 Å². The lowest BCUT2D eigenvalue weighted by Crippen LogP contribution is -2.56. The highest BCUT2D eigenvalue weighted by Gasteiger charge is 2.49. The molecule has 0 spiro atoms. The minimum Gasteiger partial charge on any atom is -0.347 e. The molecule has 1 aromatic rings. The van der Waals surface area contributed by atoms with Gasteiger partial charge in [-0.05, 0) is 44.6 Å². The number of sulfonamides is 1. The van der Waals surface area contributed by atoms with Gasteiger partial charge in [0.15, 0.2) is 11.6 Å². The molecule has 6 nitrogen and oxygen atoms in total. The van der Waals surface area contributed by atoms with Gasteiger partial charge in [0.1, 0.15) is 0 Å². The number of halogens is 2. The van der Waals surface area contributed by atoms with Crippen molar-refractivity contribution < 1.29 is 22.0 Å². The van der Waals surface area contributed by atoms with Gasteiger partial charge in [-0.2, -0.15) is 5.26 Å². The zero-order chi connectivity index (χ0) is 19.2. The van der Waals surface area contributed by atoms with Crippen molar-refractivity contribution in [2.45, 2.75) is 44.1 Å². The minimum absolute atomic E-state index is 0.272. The number of rotatable bonds is 4. The van der Waals surface area contributed by atoms with Gasteiger partial charge in [0.2, 0.25) is 10.0 Å². The molecule has 0 atom stereocenters. The summed E-state index contributed by atoms with van der Waals surface area (Å²) in [5.74, 6) is -3.15. The van der Waals surface area contributed by atoms with Crippen molar-refractivity contribution in [2.75, 3.05) is 11.0 Å². The molecular formula is C17H19F2N3O3S. The highest BCUT2D eigenvalue weighted by atomic mass is 32.2. The van der Waals surface area contributed by atoms with Crippen LogP contribution in [-0.4, -0.2) is 26.1 Å². The number of amides is 1. The molecule has 140 valence electrons. The summed E-state index contributed by atoms with van der Waals surface area (Å²) in [4.78, 5) is 12.7. The molecule has 0 aromatic heterocycles. The van der Waals surface area contributed by atoms with Crippen molar-refractivity contribution in [3.8, 4) is 6.07 Å². The first-order valence-corrected chi connectivity index (χ1v) is 10.2. The van der Waals surface area contributed by atoms with Crippen molar-refractivity contribution in [3.63, 3.8) is 0 Å². The Hall–Kier alpha value is -2.21. The smallest absolute Gasteiger partial charge is 0.253 e. The van der Waals surface area contributed by atoms with Crippen LogP contribution in [0.1, 0.15) is 48.9 Å². The van der Waals surface area contributed by atoms with E-state index in [9.17, 15) is 27.3 Å². The number of anilines is 1. The Morgan fingerprint density at radius 3 is 2.15 bits per heavy atom. The fraction of sp³-hybridized carbons (Fsp3) is 0.529. The maximum atomic E-state index is 13.6. The molecular weight excluding hydrogens is 364 g/mol. The number of nitrogens with zero attached hydrogens (tertiary/aromatic N) is 1. The van der Waals surface area contributed by atoms with Gasteiger partial charge in [-0.1, -0.05) is 0 Å². The van der Waals surface area contributed by atoms with Crippen LogP contribution in [0.3, 0.4) is 0 Å². The SMILES string of the molecule is CS(=O)(=O)Nc1cc(F)c(F)cc1C(=O)NC12CCC(C#N)(CC1)CC2. The van der Waals surface area contributed by atoms with Gasteiger partial charge in [-0.15, -0.1) is 0 Å². The monoisotopic (exact) mass is 383 g/mol. The van der Waals surface area contributed by atoms with E-state index in [4.69, 9.17) is 0 Å². The normalized spacial score (nSPS) is 27.6. The molecule has 9 heteroatoms. The molecule has 0 saturated heterocycles. The Morgan fingerprint density at radius 2 is 1.65 bits per heavy atom. The quantitative estimate of drug-likeness (QED) is 0.835. The van der Waals surface area contributed by atoms with Gasteiger partial charge in [0, 0.05) is 11.6 Å². The average Bonchev–Trinajstić information content (AvgIpc) is 2.58. The predicted molar refractivity (Wildman–Crippen MR) is 90.8 cm³/mol. The van der Waals surface area contributed by atoms with Crippen molar-refractivity contribution in [2.24, 2.45) is 5.41 Å². The topological polar surface area (TPSA) is 99.1 Å². The molecule has 0 unspecified atom stereocenters. The lowest BCUT2D eigenvalue weighted by molar-refractivity contribution is 0.0521. The second-order valence-electron chi connectivity index (χ2n) is 7.31. The van der Waals surface area contributed by atoms with E-state index in [-0.39, 0.29) is 16.7 Å². The van der Waals surface area contributed by atoms with Crippen molar-refractivity contribution in [3.05, 3.63) is 29.3 Å². The number of nitrogens with one attached hydrogen (secondary N) is 2. The molecule has 0 radical (unpaired) electrons. The number of fused-ring (bicyclic) bond motifs is 3. The second kappa shape index (κ2) is 6.20. The van der Waals surface area contributed by atoms with Gasteiger partial charge in [0.25, 0.3) is 5.91 Å². The maximum Gasteiger partial charge on any atom is 0.253 e.